The Morgan fingerprint density at radius 1 is 1.17 bits per heavy atom. The van der Waals surface area contributed by atoms with Gasteiger partial charge >= 0.3 is 0 Å². The summed E-state index contributed by atoms with van der Waals surface area (Å²) in [7, 11) is 1.96. The van der Waals surface area contributed by atoms with Crippen molar-refractivity contribution in [1.82, 2.24) is 14.6 Å². The van der Waals surface area contributed by atoms with Crippen molar-refractivity contribution >= 4 is 23.0 Å². The lowest BCUT2D eigenvalue weighted by atomic mass is 10.1. The standard InChI is InChI=1S/C16H13F2N5S/c1-22-9-23(7-12-8-24-21-20-12)15-5-11(6-19-16(15)22)10-2-3-13(17)14(18)4-10/h2-6,8H,7,9H2,1H3. The van der Waals surface area contributed by atoms with E-state index in [9.17, 15) is 8.78 Å². The van der Waals surface area contributed by atoms with E-state index in [1.54, 1.807) is 12.3 Å². The third-order valence-electron chi connectivity index (χ3n) is 3.94. The van der Waals surface area contributed by atoms with Crippen LogP contribution in [0.15, 0.2) is 35.8 Å². The molecule has 0 atom stereocenters. The van der Waals surface area contributed by atoms with Gasteiger partial charge in [-0.1, -0.05) is 10.6 Å². The number of fused-ring (bicyclic) bond motifs is 1. The van der Waals surface area contributed by atoms with Crippen molar-refractivity contribution in [3.05, 3.63) is 53.2 Å². The van der Waals surface area contributed by atoms with Crippen LogP contribution in [0.1, 0.15) is 5.69 Å². The number of hydrogen-bond donors (Lipinski definition) is 0. The second kappa shape index (κ2) is 5.79. The highest BCUT2D eigenvalue weighted by Gasteiger charge is 2.26. The van der Waals surface area contributed by atoms with Crippen molar-refractivity contribution in [3.8, 4) is 11.1 Å². The largest absolute Gasteiger partial charge is 0.345 e. The van der Waals surface area contributed by atoms with Gasteiger partial charge in [-0.2, -0.15) is 0 Å². The van der Waals surface area contributed by atoms with Crippen LogP contribution in [-0.2, 0) is 6.54 Å². The molecule has 3 aromatic rings. The van der Waals surface area contributed by atoms with Gasteiger partial charge in [0.05, 0.1) is 24.6 Å². The summed E-state index contributed by atoms with van der Waals surface area (Å²) in [5, 5.41) is 5.98. The number of anilines is 2. The maximum absolute atomic E-state index is 13.5. The highest BCUT2D eigenvalue weighted by Crippen LogP contribution is 2.37. The van der Waals surface area contributed by atoms with Crippen LogP contribution in [0.3, 0.4) is 0 Å². The van der Waals surface area contributed by atoms with Gasteiger partial charge in [-0.15, -0.1) is 5.10 Å². The Hall–Kier alpha value is -2.61. The third kappa shape index (κ3) is 2.58. The quantitative estimate of drug-likeness (QED) is 0.729. The molecular formula is C16H13F2N5S. The average Bonchev–Trinajstić information content (AvgIpc) is 3.19. The molecule has 1 aliphatic heterocycles. The fourth-order valence-electron chi connectivity index (χ4n) is 2.79. The summed E-state index contributed by atoms with van der Waals surface area (Å²) < 4.78 is 30.5. The van der Waals surface area contributed by atoms with Crippen LogP contribution in [0.4, 0.5) is 20.3 Å². The zero-order valence-corrected chi connectivity index (χ0v) is 13.6. The van der Waals surface area contributed by atoms with Gasteiger partial charge in [0.15, 0.2) is 17.5 Å². The number of pyridine rings is 1. The molecule has 3 heterocycles. The lowest BCUT2D eigenvalue weighted by Crippen LogP contribution is -2.27. The highest BCUT2D eigenvalue weighted by atomic mass is 32.1. The van der Waals surface area contributed by atoms with Crippen molar-refractivity contribution in [2.75, 3.05) is 23.5 Å². The first kappa shape index (κ1) is 14.9. The maximum atomic E-state index is 13.5. The molecule has 1 aromatic carbocycles. The minimum atomic E-state index is -0.865. The summed E-state index contributed by atoms with van der Waals surface area (Å²) in [5.41, 5.74) is 3.16. The molecule has 0 saturated heterocycles. The summed E-state index contributed by atoms with van der Waals surface area (Å²) in [4.78, 5) is 8.64. The Morgan fingerprint density at radius 3 is 2.79 bits per heavy atom. The molecule has 1 aliphatic rings. The molecule has 0 amide bonds. The number of rotatable bonds is 3. The molecule has 4 rings (SSSR count). The summed E-state index contributed by atoms with van der Waals surface area (Å²) in [6.07, 6.45) is 1.68. The van der Waals surface area contributed by atoms with Crippen LogP contribution < -0.4 is 9.80 Å². The van der Waals surface area contributed by atoms with Gasteiger partial charge in [0, 0.05) is 24.2 Å². The molecule has 5 nitrogen and oxygen atoms in total. The first-order chi connectivity index (χ1) is 11.6. The topological polar surface area (TPSA) is 45.2 Å². The zero-order chi connectivity index (χ0) is 16.7. The third-order valence-corrected chi connectivity index (χ3v) is 4.50. The molecule has 0 radical (unpaired) electrons. The fourth-order valence-corrected chi connectivity index (χ4v) is 3.23. The SMILES string of the molecule is CN1CN(Cc2csnn2)c2cc(-c3ccc(F)c(F)c3)cnc21. The van der Waals surface area contributed by atoms with Crippen LogP contribution >= 0.6 is 11.5 Å². The molecule has 2 aromatic heterocycles. The summed E-state index contributed by atoms with van der Waals surface area (Å²) in [5.74, 6) is -0.870. The van der Waals surface area contributed by atoms with E-state index in [-0.39, 0.29) is 0 Å². The first-order valence-electron chi connectivity index (χ1n) is 7.29. The lowest BCUT2D eigenvalue weighted by molar-refractivity contribution is 0.509. The Balaban J connectivity index is 1.71. The van der Waals surface area contributed by atoms with Gasteiger partial charge in [-0.05, 0) is 35.3 Å². The normalized spacial score (nSPS) is 13.5. The highest BCUT2D eigenvalue weighted by molar-refractivity contribution is 7.03. The average molecular weight is 345 g/mol. The van der Waals surface area contributed by atoms with E-state index in [0.717, 1.165) is 28.8 Å². The molecule has 0 N–H and O–H groups in total. The van der Waals surface area contributed by atoms with Gasteiger partial charge in [-0.3, -0.25) is 0 Å². The zero-order valence-electron chi connectivity index (χ0n) is 12.8. The van der Waals surface area contributed by atoms with E-state index in [4.69, 9.17) is 0 Å². The number of benzene rings is 1. The minimum absolute atomic E-state index is 0.592. The summed E-state index contributed by atoms with van der Waals surface area (Å²) in [6.45, 7) is 1.30. The molecule has 122 valence electrons. The van der Waals surface area contributed by atoms with Crippen LogP contribution in [0.5, 0.6) is 0 Å². The van der Waals surface area contributed by atoms with E-state index in [1.165, 1.54) is 17.6 Å². The van der Waals surface area contributed by atoms with E-state index >= 15 is 0 Å². The predicted octanol–water partition coefficient (Wildman–Crippen LogP) is 3.29. The number of halogens is 2. The van der Waals surface area contributed by atoms with Gasteiger partial charge in [0.2, 0.25) is 0 Å². The maximum Gasteiger partial charge on any atom is 0.159 e. The Bertz CT molecular complexity index is 884. The molecular weight excluding hydrogens is 332 g/mol. The van der Waals surface area contributed by atoms with E-state index in [2.05, 4.69) is 19.5 Å². The number of hydrogen-bond acceptors (Lipinski definition) is 6. The second-order valence-electron chi connectivity index (χ2n) is 5.63. The van der Waals surface area contributed by atoms with E-state index < -0.39 is 11.6 Å². The van der Waals surface area contributed by atoms with E-state index in [1.807, 2.05) is 23.4 Å². The molecule has 0 spiro atoms. The second-order valence-corrected chi connectivity index (χ2v) is 6.24. The summed E-state index contributed by atoms with van der Waals surface area (Å²) in [6, 6.07) is 5.81. The van der Waals surface area contributed by atoms with Crippen LogP contribution in [0, 0.1) is 11.6 Å². The monoisotopic (exact) mass is 345 g/mol. The molecule has 0 fully saturated rings. The van der Waals surface area contributed by atoms with Crippen LogP contribution in [-0.4, -0.2) is 28.3 Å². The number of nitrogens with zero attached hydrogens (tertiary/aromatic N) is 5. The predicted molar refractivity (Wildman–Crippen MR) is 89.0 cm³/mol. The van der Waals surface area contributed by atoms with Gasteiger partial charge in [-0.25, -0.2) is 13.8 Å². The fraction of sp³-hybridized carbons (Fsp3) is 0.188. The minimum Gasteiger partial charge on any atom is -0.345 e. The molecule has 0 bridgehead atoms. The molecule has 8 heteroatoms. The Kier molecular flexibility index (Phi) is 3.61. The van der Waals surface area contributed by atoms with Gasteiger partial charge < -0.3 is 9.80 Å². The van der Waals surface area contributed by atoms with Gasteiger partial charge in [0.25, 0.3) is 0 Å². The van der Waals surface area contributed by atoms with Crippen molar-refractivity contribution in [1.29, 1.82) is 0 Å². The van der Waals surface area contributed by atoms with Gasteiger partial charge in [0.1, 0.15) is 0 Å². The molecule has 24 heavy (non-hydrogen) atoms. The van der Waals surface area contributed by atoms with E-state index in [0.29, 0.717) is 18.8 Å². The summed E-state index contributed by atoms with van der Waals surface area (Å²) >= 11 is 1.31. The molecule has 0 saturated carbocycles. The van der Waals surface area contributed by atoms with Crippen molar-refractivity contribution in [2.45, 2.75) is 6.54 Å². The van der Waals surface area contributed by atoms with Crippen molar-refractivity contribution in [3.63, 3.8) is 0 Å². The Morgan fingerprint density at radius 2 is 2.04 bits per heavy atom. The smallest absolute Gasteiger partial charge is 0.159 e. The lowest BCUT2D eigenvalue weighted by Gasteiger charge is -2.17. The van der Waals surface area contributed by atoms with Crippen molar-refractivity contribution < 1.29 is 8.78 Å². The Labute approximate surface area is 141 Å². The van der Waals surface area contributed by atoms with Crippen LogP contribution in [0.2, 0.25) is 0 Å². The van der Waals surface area contributed by atoms with Crippen molar-refractivity contribution in [2.24, 2.45) is 0 Å². The first-order valence-corrected chi connectivity index (χ1v) is 8.13. The molecule has 0 aliphatic carbocycles. The molecule has 0 unspecified atom stereocenters. The number of aromatic nitrogens is 3. The van der Waals surface area contributed by atoms with Crippen LogP contribution in [0.25, 0.3) is 11.1 Å².